The first-order valence-corrected chi connectivity index (χ1v) is 9.92. The highest BCUT2D eigenvalue weighted by atomic mass is 32.1. The van der Waals surface area contributed by atoms with Crippen molar-refractivity contribution in [3.05, 3.63) is 78.4 Å². The number of nitrogens with zero attached hydrogens (tertiary/aromatic N) is 3. The zero-order chi connectivity index (χ0) is 20.2. The van der Waals surface area contributed by atoms with E-state index in [-0.39, 0.29) is 12.1 Å². The molecule has 3 heterocycles. The second-order valence-corrected chi connectivity index (χ2v) is 7.20. The van der Waals surface area contributed by atoms with Crippen molar-refractivity contribution in [1.82, 2.24) is 14.9 Å². The van der Waals surface area contributed by atoms with Gasteiger partial charge in [-0.15, -0.1) is 0 Å². The molecule has 0 amide bonds. The molecule has 29 heavy (non-hydrogen) atoms. The van der Waals surface area contributed by atoms with Gasteiger partial charge in [0.2, 0.25) is 0 Å². The average Bonchev–Trinajstić information content (AvgIpc) is 3.36. The number of hydrogen-bond acceptors (Lipinski definition) is 4. The first-order chi connectivity index (χ1) is 14.2. The first-order valence-electron chi connectivity index (χ1n) is 9.51. The molecule has 150 valence electrons. The monoisotopic (exact) mass is 408 g/mol. The Balaban J connectivity index is 1.81. The van der Waals surface area contributed by atoms with E-state index in [0.717, 1.165) is 29.4 Å². The van der Waals surface area contributed by atoms with Crippen LogP contribution in [0.4, 0.5) is 5.69 Å². The number of aromatic nitrogens is 2. The molecule has 6 nitrogen and oxygen atoms in total. The second-order valence-electron chi connectivity index (χ2n) is 6.82. The Morgan fingerprint density at radius 2 is 2.00 bits per heavy atom. The number of rotatable bonds is 7. The van der Waals surface area contributed by atoms with Crippen LogP contribution in [0.15, 0.2) is 67.0 Å². The van der Waals surface area contributed by atoms with Crippen LogP contribution < -0.4 is 15.0 Å². The topological polar surface area (TPSA) is 51.5 Å². The zero-order valence-corrected chi connectivity index (χ0v) is 17.3. The third kappa shape index (κ3) is 3.83. The largest absolute Gasteiger partial charge is 0.497 e. The molecule has 4 rings (SSSR count). The summed E-state index contributed by atoms with van der Waals surface area (Å²) >= 11 is 5.77. The van der Waals surface area contributed by atoms with E-state index < -0.39 is 0 Å². The molecule has 2 aromatic heterocycles. The summed E-state index contributed by atoms with van der Waals surface area (Å²) in [4.78, 5) is 6.75. The molecule has 0 bridgehead atoms. The van der Waals surface area contributed by atoms with Gasteiger partial charge in [0.05, 0.1) is 25.5 Å². The Kier molecular flexibility index (Phi) is 5.78. The molecule has 0 unspecified atom stereocenters. The summed E-state index contributed by atoms with van der Waals surface area (Å²) in [6.07, 6.45) is 3.89. The predicted octanol–water partition coefficient (Wildman–Crippen LogP) is 3.72. The Labute approximate surface area is 176 Å². The Morgan fingerprint density at radius 3 is 2.76 bits per heavy atom. The molecule has 3 aromatic rings. The van der Waals surface area contributed by atoms with Crippen LogP contribution in [0.25, 0.3) is 0 Å². The Bertz CT molecular complexity index is 976. The Morgan fingerprint density at radius 1 is 1.10 bits per heavy atom. The second kappa shape index (κ2) is 8.63. The lowest BCUT2D eigenvalue weighted by Crippen LogP contribution is -2.30. The molecule has 0 aliphatic carbocycles. The van der Waals surface area contributed by atoms with Crippen molar-refractivity contribution in [3.63, 3.8) is 0 Å². The third-order valence-corrected chi connectivity index (χ3v) is 5.45. The average molecular weight is 409 g/mol. The van der Waals surface area contributed by atoms with Crippen LogP contribution in [0.5, 0.6) is 5.75 Å². The SMILES string of the molecule is COCCn1cccc1[C@@H]1[C@H](c2ccccn2)NC(=S)N1c1cccc(OC)c1. The minimum Gasteiger partial charge on any atom is -0.497 e. The standard InChI is InChI=1S/C22H24N4O2S/c1-27-14-13-25-12-6-10-19(25)21-20(18-9-3-4-11-23-18)24-22(29)26(21)16-7-5-8-17(15-16)28-2/h3-12,15,20-21H,13-14H2,1-2H3,(H,24,29)/t20-,21+/m0/s1. The normalized spacial score (nSPS) is 18.7. The van der Waals surface area contributed by atoms with E-state index in [0.29, 0.717) is 11.7 Å². The zero-order valence-electron chi connectivity index (χ0n) is 16.5. The molecule has 1 fully saturated rings. The molecular weight excluding hydrogens is 384 g/mol. The lowest BCUT2D eigenvalue weighted by atomic mass is 10.0. The Hall–Kier alpha value is -2.90. The van der Waals surface area contributed by atoms with Crippen molar-refractivity contribution in [1.29, 1.82) is 0 Å². The van der Waals surface area contributed by atoms with Gasteiger partial charge in [0.1, 0.15) is 11.8 Å². The maximum absolute atomic E-state index is 5.77. The highest BCUT2D eigenvalue weighted by Crippen LogP contribution is 2.42. The maximum atomic E-state index is 5.77. The molecule has 7 heteroatoms. The third-order valence-electron chi connectivity index (χ3n) is 5.13. The number of anilines is 1. The molecule has 1 aromatic carbocycles. The van der Waals surface area contributed by atoms with E-state index in [4.69, 9.17) is 21.7 Å². The molecule has 0 saturated carbocycles. The van der Waals surface area contributed by atoms with Crippen LogP contribution in [-0.2, 0) is 11.3 Å². The fraction of sp³-hybridized carbons (Fsp3) is 0.273. The van der Waals surface area contributed by atoms with E-state index >= 15 is 0 Å². The molecule has 0 radical (unpaired) electrons. The number of hydrogen-bond donors (Lipinski definition) is 1. The van der Waals surface area contributed by atoms with Crippen molar-refractivity contribution >= 4 is 23.0 Å². The minimum absolute atomic E-state index is 0.0589. The molecule has 0 spiro atoms. The fourth-order valence-corrected chi connectivity index (χ4v) is 4.13. The van der Waals surface area contributed by atoms with Gasteiger partial charge in [0.15, 0.2) is 5.11 Å². The van der Waals surface area contributed by atoms with Gasteiger partial charge in [0.25, 0.3) is 0 Å². The molecular formula is C22H24N4O2S. The lowest BCUT2D eigenvalue weighted by Gasteiger charge is -2.29. The molecule has 1 aliphatic rings. The molecule has 1 aliphatic heterocycles. The highest BCUT2D eigenvalue weighted by Gasteiger charge is 2.42. The summed E-state index contributed by atoms with van der Waals surface area (Å²) in [5.74, 6) is 0.792. The van der Waals surface area contributed by atoms with Crippen molar-refractivity contribution in [2.24, 2.45) is 0 Å². The lowest BCUT2D eigenvalue weighted by molar-refractivity contribution is 0.186. The smallest absolute Gasteiger partial charge is 0.174 e. The minimum atomic E-state index is -0.0777. The highest BCUT2D eigenvalue weighted by molar-refractivity contribution is 7.80. The van der Waals surface area contributed by atoms with E-state index in [1.165, 1.54) is 0 Å². The van der Waals surface area contributed by atoms with Gasteiger partial charge in [-0.2, -0.15) is 0 Å². The summed E-state index contributed by atoms with van der Waals surface area (Å²) in [6.45, 7) is 1.41. The number of benzene rings is 1. The number of thiocarbonyl (C=S) groups is 1. The van der Waals surface area contributed by atoms with Crippen molar-refractivity contribution in [3.8, 4) is 5.75 Å². The van der Waals surface area contributed by atoms with Crippen LogP contribution in [-0.4, -0.2) is 35.5 Å². The fourth-order valence-electron chi connectivity index (χ4n) is 3.78. The van der Waals surface area contributed by atoms with Crippen molar-refractivity contribution < 1.29 is 9.47 Å². The van der Waals surface area contributed by atoms with Crippen molar-refractivity contribution in [2.45, 2.75) is 18.6 Å². The first kappa shape index (κ1) is 19.4. The molecule has 1 N–H and O–H groups in total. The van der Waals surface area contributed by atoms with Crippen LogP contribution in [0.1, 0.15) is 23.5 Å². The summed E-state index contributed by atoms with van der Waals surface area (Å²) < 4.78 is 13.0. The van der Waals surface area contributed by atoms with Gasteiger partial charge in [0, 0.05) is 43.5 Å². The van der Waals surface area contributed by atoms with Gasteiger partial charge in [-0.3, -0.25) is 4.98 Å². The molecule has 2 atom stereocenters. The number of methoxy groups -OCH3 is 2. The summed E-state index contributed by atoms with van der Waals surface area (Å²) in [6, 6.07) is 18.0. The number of ether oxygens (including phenoxy) is 2. The van der Waals surface area contributed by atoms with Crippen LogP contribution in [0, 0.1) is 0 Å². The number of nitrogens with one attached hydrogen (secondary N) is 1. The van der Waals surface area contributed by atoms with Crippen molar-refractivity contribution in [2.75, 3.05) is 25.7 Å². The summed E-state index contributed by atoms with van der Waals surface area (Å²) in [5, 5.41) is 4.15. The maximum Gasteiger partial charge on any atom is 0.174 e. The molecule has 1 saturated heterocycles. The quantitative estimate of drug-likeness (QED) is 0.602. The van der Waals surface area contributed by atoms with Crippen LogP contribution >= 0.6 is 12.2 Å². The van der Waals surface area contributed by atoms with Gasteiger partial charge in [-0.05, 0) is 48.6 Å². The van der Waals surface area contributed by atoms with E-state index in [2.05, 4.69) is 38.1 Å². The summed E-state index contributed by atoms with van der Waals surface area (Å²) in [7, 11) is 3.39. The van der Waals surface area contributed by atoms with Gasteiger partial charge in [-0.1, -0.05) is 12.1 Å². The van der Waals surface area contributed by atoms with Gasteiger partial charge < -0.3 is 24.3 Å². The van der Waals surface area contributed by atoms with Gasteiger partial charge in [-0.25, -0.2) is 0 Å². The number of pyridine rings is 1. The van der Waals surface area contributed by atoms with E-state index in [9.17, 15) is 0 Å². The van der Waals surface area contributed by atoms with E-state index in [1.807, 2.05) is 48.7 Å². The van der Waals surface area contributed by atoms with Crippen LogP contribution in [0.3, 0.4) is 0 Å². The summed E-state index contributed by atoms with van der Waals surface area (Å²) in [5.41, 5.74) is 3.07. The van der Waals surface area contributed by atoms with E-state index in [1.54, 1.807) is 14.2 Å². The van der Waals surface area contributed by atoms with Gasteiger partial charge >= 0.3 is 0 Å². The van der Waals surface area contributed by atoms with Crippen LogP contribution in [0.2, 0.25) is 0 Å². The predicted molar refractivity (Wildman–Crippen MR) is 117 cm³/mol.